The van der Waals surface area contributed by atoms with Gasteiger partial charge in [0.05, 0.1) is 5.83 Å². The first-order chi connectivity index (χ1) is 4.29. The molecule has 0 bridgehead atoms. The van der Waals surface area contributed by atoms with E-state index >= 15 is 0 Å². The maximum Gasteiger partial charge on any atom is 0.0973 e. The Morgan fingerprint density at radius 2 is 2.33 bits per heavy atom. The smallest absolute Gasteiger partial charge is 0.0973 e. The number of nitrogens with two attached hydrogens (primary N) is 1. The first-order valence-corrected chi connectivity index (χ1v) is 3.13. The molecule has 0 aromatic rings. The summed E-state index contributed by atoms with van der Waals surface area (Å²) in [5.41, 5.74) is 0. The molecule has 2 nitrogen and oxygen atoms in total. The van der Waals surface area contributed by atoms with Crippen LogP contribution in [0.2, 0.25) is 0 Å². The van der Waals surface area contributed by atoms with Crippen LogP contribution in [-0.4, -0.2) is 18.1 Å². The lowest BCUT2D eigenvalue weighted by Crippen LogP contribution is -2.31. The van der Waals surface area contributed by atoms with E-state index in [1.165, 1.54) is 0 Å². The van der Waals surface area contributed by atoms with Crippen molar-refractivity contribution in [2.75, 3.05) is 13.1 Å². The van der Waals surface area contributed by atoms with Gasteiger partial charge in [-0.25, -0.2) is 9.40 Å². The highest BCUT2D eigenvalue weighted by molar-refractivity contribution is 4.94. The molecule has 1 aliphatic heterocycles. The summed E-state index contributed by atoms with van der Waals surface area (Å²) in [6.45, 7) is 1.41. The van der Waals surface area contributed by atoms with Crippen LogP contribution in [0.5, 0.6) is 0 Å². The minimum absolute atomic E-state index is 0.0250. The molecule has 0 aliphatic carbocycles. The van der Waals surface area contributed by atoms with Crippen molar-refractivity contribution in [2.45, 2.75) is 12.8 Å². The number of hydrogen-bond acceptors (Lipinski definition) is 2. The van der Waals surface area contributed by atoms with Gasteiger partial charge in [0.2, 0.25) is 0 Å². The first kappa shape index (κ1) is 6.71. The second-order valence-electron chi connectivity index (χ2n) is 2.23. The van der Waals surface area contributed by atoms with Gasteiger partial charge in [0.25, 0.3) is 0 Å². The maximum atomic E-state index is 12.4. The van der Waals surface area contributed by atoms with Gasteiger partial charge in [0.15, 0.2) is 0 Å². The van der Waals surface area contributed by atoms with Gasteiger partial charge in [0.1, 0.15) is 0 Å². The standard InChI is InChI=1S/C6H11FN2/c7-6-2-1-4-9(8)5-3-6/h2H,1,3-5,8H2. The van der Waals surface area contributed by atoms with E-state index in [1.54, 1.807) is 11.1 Å². The molecule has 0 spiro atoms. The highest BCUT2D eigenvalue weighted by Crippen LogP contribution is 2.08. The van der Waals surface area contributed by atoms with Crippen molar-refractivity contribution in [3.8, 4) is 0 Å². The highest BCUT2D eigenvalue weighted by Gasteiger charge is 2.04. The lowest BCUT2D eigenvalue weighted by atomic mass is 10.3. The largest absolute Gasteiger partial charge is 0.269 e. The van der Waals surface area contributed by atoms with Crippen LogP contribution in [0.25, 0.3) is 0 Å². The molecule has 1 aliphatic rings. The van der Waals surface area contributed by atoms with Crippen LogP contribution in [-0.2, 0) is 0 Å². The van der Waals surface area contributed by atoms with E-state index in [4.69, 9.17) is 5.84 Å². The second kappa shape index (κ2) is 2.94. The van der Waals surface area contributed by atoms with E-state index in [-0.39, 0.29) is 5.83 Å². The van der Waals surface area contributed by atoms with E-state index in [0.717, 1.165) is 13.0 Å². The summed E-state index contributed by atoms with van der Waals surface area (Å²) in [4.78, 5) is 0. The molecule has 52 valence electrons. The normalized spacial score (nSPS) is 23.1. The Morgan fingerprint density at radius 1 is 1.56 bits per heavy atom. The van der Waals surface area contributed by atoms with Crippen molar-refractivity contribution in [1.82, 2.24) is 5.01 Å². The van der Waals surface area contributed by atoms with Crippen LogP contribution in [0.3, 0.4) is 0 Å². The fraction of sp³-hybridized carbons (Fsp3) is 0.667. The van der Waals surface area contributed by atoms with Gasteiger partial charge in [-0.3, -0.25) is 5.84 Å². The molecular weight excluding hydrogens is 119 g/mol. The molecule has 0 saturated carbocycles. The third kappa shape index (κ3) is 2.11. The third-order valence-corrected chi connectivity index (χ3v) is 1.42. The lowest BCUT2D eigenvalue weighted by molar-refractivity contribution is 0.294. The Bertz CT molecular complexity index is 122. The van der Waals surface area contributed by atoms with E-state index in [9.17, 15) is 4.39 Å². The first-order valence-electron chi connectivity index (χ1n) is 3.13. The van der Waals surface area contributed by atoms with Crippen LogP contribution in [0.4, 0.5) is 4.39 Å². The van der Waals surface area contributed by atoms with Gasteiger partial charge in [-0.2, -0.15) is 0 Å². The number of nitrogens with zero attached hydrogens (tertiary/aromatic N) is 1. The molecule has 0 atom stereocenters. The predicted molar refractivity (Wildman–Crippen MR) is 34.2 cm³/mol. The topological polar surface area (TPSA) is 29.3 Å². The Morgan fingerprint density at radius 3 is 3.11 bits per heavy atom. The SMILES string of the molecule is NN1CCC=C(F)CC1. The molecule has 1 rings (SSSR count). The van der Waals surface area contributed by atoms with Gasteiger partial charge < -0.3 is 0 Å². The molecule has 9 heavy (non-hydrogen) atoms. The van der Waals surface area contributed by atoms with E-state index in [0.29, 0.717) is 13.0 Å². The van der Waals surface area contributed by atoms with Crippen molar-refractivity contribution >= 4 is 0 Å². The Balaban J connectivity index is 2.39. The zero-order valence-corrected chi connectivity index (χ0v) is 5.31. The minimum atomic E-state index is -0.0250. The van der Waals surface area contributed by atoms with E-state index < -0.39 is 0 Å². The van der Waals surface area contributed by atoms with Gasteiger partial charge in [-0.15, -0.1) is 0 Å². The average molecular weight is 130 g/mol. The Hall–Kier alpha value is -0.410. The predicted octanol–water partition coefficient (Wildman–Crippen LogP) is 0.809. The molecule has 0 aromatic heterocycles. The summed E-state index contributed by atoms with van der Waals surface area (Å²) in [6.07, 6.45) is 2.81. The van der Waals surface area contributed by atoms with Crippen molar-refractivity contribution < 1.29 is 4.39 Å². The monoisotopic (exact) mass is 130 g/mol. The number of hydrogen-bond donors (Lipinski definition) is 1. The summed E-state index contributed by atoms with van der Waals surface area (Å²) in [6, 6.07) is 0. The van der Waals surface area contributed by atoms with Crippen LogP contribution in [0.1, 0.15) is 12.8 Å². The van der Waals surface area contributed by atoms with Crippen molar-refractivity contribution in [3.63, 3.8) is 0 Å². The van der Waals surface area contributed by atoms with Crippen LogP contribution in [0.15, 0.2) is 11.9 Å². The van der Waals surface area contributed by atoms with E-state index in [2.05, 4.69) is 0 Å². The molecule has 2 N–H and O–H groups in total. The molecule has 0 unspecified atom stereocenters. The maximum absolute atomic E-state index is 12.4. The molecule has 1 heterocycles. The molecule has 0 aromatic carbocycles. The molecule has 0 radical (unpaired) electrons. The van der Waals surface area contributed by atoms with Gasteiger partial charge in [-0.1, -0.05) is 6.08 Å². The van der Waals surface area contributed by atoms with Gasteiger partial charge >= 0.3 is 0 Å². The quantitative estimate of drug-likeness (QED) is 0.492. The highest BCUT2D eigenvalue weighted by atomic mass is 19.1. The van der Waals surface area contributed by atoms with Crippen LogP contribution < -0.4 is 5.84 Å². The fourth-order valence-corrected chi connectivity index (χ4v) is 0.851. The number of rotatable bonds is 0. The van der Waals surface area contributed by atoms with E-state index in [1.807, 2.05) is 0 Å². The summed E-state index contributed by atoms with van der Waals surface area (Å²) >= 11 is 0. The molecular formula is C6H11FN2. The second-order valence-corrected chi connectivity index (χ2v) is 2.23. The van der Waals surface area contributed by atoms with Crippen LogP contribution in [0, 0.1) is 0 Å². The third-order valence-electron chi connectivity index (χ3n) is 1.42. The number of hydrazine groups is 1. The lowest BCUT2D eigenvalue weighted by Gasteiger charge is -2.10. The zero-order valence-electron chi connectivity index (χ0n) is 5.31. The molecule has 0 saturated heterocycles. The molecule has 0 amide bonds. The average Bonchev–Trinajstić information content (AvgIpc) is 1.97. The van der Waals surface area contributed by atoms with Crippen LogP contribution >= 0.6 is 0 Å². The number of halogens is 1. The Kier molecular flexibility index (Phi) is 2.19. The van der Waals surface area contributed by atoms with Gasteiger partial charge in [-0.05, 0) is 6.42 Å². The summed E-state index contributed by atoms with van der Waals surface area (Å²) in [7, 11) is 0. The minimum Gasteiger partial charge on any atom is -0.269 e. The Labute approximate surface area is 54.1 Å². The summed E-state index contributed by atoms with van der Waals surface area (Å²) in [5.74, 6) is 5.41. The molecule has 3 heteroatoms. The summed E-state index contributed by atoms with van der Waals surface area (Å²) < 4.78 is 12.4. The van der Waals surface area contributed by atoms with Gasteiger partial charge in [0, 0.05) is 19.5 Å². The summed E-state index contributed by atoms with van der Waals surface area (Å²) in [5, 5.41) is 1.64. The van der Waals surface area contributed by atoms with Crippen molar-refractivity contribution in [2.24, 2.45) is 5.84 Å². The fourth-order valence-electron chi connectivity index (χ4n) is 0.851. The molecule has 0 fully saturated rings. The van der Waals surface area contributed by atoms with Crippen molar-refractivity contribution in [3.05, 3.63) is 11.9 Å². The van der Waals surface area contributed by atoms with Crippen molar-refractivity contribution in [1.29, 1.82) is 0 Å². The zero-order chi connectivity index (χ0) is 6.69.